The molecule has 1 aromatic carbocycles. The molecule has 4 nitrogen and oxygen atoms in total. The quantitative estimate of drug-likeness (QED) is 0.679. The lowest BCUT2D eigenvalue weighted by Gasteiger charge is -2.26. The molecule has 0 fully saturated rings. The molecule has 0 aliphatic heterocycles. The fourth-order valence-electron chi connectivity index (χ4n) is 2.39. The van der Waals surface area contributed by atoms with Gasteiger partial charge in [0.1, 0.15) is 5.60 Å². The number of benzene rings is 1. The Morgan fingerprint density at radius 2 is 1.89 bits per heavy atom. The van der Waals surface area contributed by atoms with Crippen molar-refractivity contribution in [1.82, 2.24) is 9.78 Å². The van der Waals surface area contributed by atoms with Crippen molar-refractivity contribution in [3.63, 3.8) is 0 Å². The van der Waals surface area contributed by atoms with E-state index >= 15 is 0 Å². The molecule has 4 heteroatoms. The van der Waals surface area contributed by atoms with Gasteiger partial charge in [-0.25, -0.2) is 4.89 Å². The number of hydrogen-bond donors (Lipinski definition) is 1. The van der Waals surface area contributed by atoms with Crippen LogP contribution in [0.25, 0.3) is 0 Å². The largest absolute Gasteiger partial charge is 0.272 e. The highest BCUT2D eigenvalue weighted by Crippen LogP contribution is 2.30. The van der Waals surface area contributed by atoms with Crippen molar-refractivity contribution in [2.45, 2.75) is 32.8 Å². The van der Waals surface area contributed by atoms with Gasteiger partial charge in [0.05, 0.1) is 5.69 Å². The number of aromatic nitrogens is 2. The first kappa shape index (κ1) is 13.8. The number of rotatable bonds is 4. The van der Waals surface area contributed by atoms with Crippen molar-refractivity contribution in [2.75, 3.05) is 0 Å². The Morgan fingerprint density at radius 1 is 1.26 bits per heavy atom. The molecule has 2 aromatic rings. The molecule has 1 heterocycles. The zero-order valence-electron chi connectivity index (χ0n) is 11.8. The highest BCUT2D eigenvalue weighted by molar-refractivity contribution is 5.30. The summed E-state index contributed by atoms with van der Waals surface area (Å²) < 4.78 is 1.85. The zero-order chi connectivity index (χ0) is 14.0. The van der Waals surface area contributed by atoms with Gasteiger partial charge in [-0.2, -0.15) is 5.10 Å². The van der Waals surface area contributed by atoms with Gasteiger partial charge >= 0.3 is 0 Å². The lowest BCUT2D eigenvalue weighted by atomic mass is 9.88. The van der Waals surface area contributed by atoms with Gasteiger partial charge < -0.3 is 0 Å². The van der Waals surface area contributed by atoms with E-state index in [0.29, 0.717) is 6.42 Å². The van der Waals surface area contributed by atoms with Gasteiger partial charge in [-0.3, -0.25) is 9.94 Å². The van der Waals surface area contributed by atoms with E-state index in [1.807, 2.05) is 62.8 Å². The summed E-state index contributed by atoms with van der Waals surface area (Å²) in [6.45, 7) is 5.89. The Bertz CT molecular complexity index is 563. The molecular weight excluding hydrogens is 240 g/mol. The maximum Gasteiger partial charge on any atom is 0.129 e. The van der Waals surface area contributed by atoms with E-state index in [9.17, 15) is 5.26 Å². The van der Waals surface area contributed by atoms with Crippen LogP contribution in [0, 0.1) is 13.8 Å². The van der Waals surface area contributed by atoms with Crippen LogP contribution in [-0.4, -0.2) is 15.0 Å². The molecule has 0 aliphatic rings. The summed E-state index contributed by atoms with van der Waals surface area (Å²) in [5.74, 6) is 0. The molecule has 0 amide bonds. The zero-order valence-corrected chi connectivity index (χ0v) is 11.8. The molecule has 102 valence electrons. The van der Waals surface area contributed by atoms with Gasteiger partial charge in [-0.1, -0.05) is 30.3 Å². The summed E-state index contributed by atoms with van der Waals surface area (Å²) in [6.07, 6.45) is 0.582. The van der Waals surface area contributed by atoms with E-state index in [4.69, 9.17) is 4.89 Å². The number of nitrogens with zero attached hydrogens (tertiary/aromatic N) is 2. The van der Waals surface area contributed by atoms with Gasteiger partial charge in [0.25, 0.3) is 0 Å². The monoisotopic (exact) mass is 260 g/mol. The fraction of sp³-hybridized carbons (Fsp3) is 0.400. The van der Waals surface area contributed by atoms with Crippen LogP contribution < -0.4 is 0 Å². The summed E-state index contributed by atoms with van der Waals surface area (Å²) in [5, 5.41) is 13.8. The van der Waals surface area contributed by atoms with Crippen molar-refractivity contribution < 1.29 is 10.1 Å². The van der Waals surface area contributed by atoms with E-state index < -0.39 is 5.60 Å². The van der Waals surface area contributed by atoms with Crippen molar-refractivity contribution in [2.24, 2.45) is 7.05 Å². The molecule has 0 saturated heterocycles. The highest BCUT2D eigenvalue weighted by Gasteiger charge is 2.30. The van der Waals surface area contributed by atoms with Gasteiger partial charge in [0.2, 0.25) is 0 Å². The Morgan fingerprint density at radius 3 is 2.37 bits per heavy atom. The third-order valence-corrected chi connectivity index (χ3v) is 3.76. The van der Waals surface area contributed by atoms with E-state index in [-0.39, 0.29) is 0 Å². The second kappa shape index (κ2) is 5.15. The molecule has 0 aliphatic carbocycles. The summed E-state index contributed by atoms with van der Waals surface area (Å²) in [7, 11) is 1.92. The molecule has 0 spiro atoms. The second-order valence-corrected chi connectivity index (χ2v) is 5.14. The molecule has 2 rings (SSSR count). The predicted molar refractivity (Wildman–Crippen MR) is 73.9 cm³/mol. The maximum atomic E-state index is 9.36. The van der Waals surface area contributed by atoms with Crippen molar-refractivity contribution in [3.8, 4) is 0 Å². The molecule has 0 bridgehead atoms. The predicted octanol–water partition coefficient (Wildman–Crippen LogP) is 2.98. The fourth-order valence-corrected chi connectivity index (χ4v) is 2.39. The van der Waals surface area contributed by atoms with Gasteiger partial charge in [0.15, 0.2) is 0 Å². The van der Waals surface area contributed by atoms with Crippen LogP contribution in [0.2, 0.25) is 0 Å². The van der Waals surface area contributed by atoms with Crippen LogP contribution in [-0.2, 0) is 24.0 Å². The van der Waals surface area contributed by atoms with Crippen molar-refractivity contribution >= 4 is 0 Å². The molecule has 1 aromatic heterocycles. The molecular formula is C15H20N2O2. The normalized spacial score (nSPS) is 14.4. The lowest BCUT2D eigenvalue weighted by molar-refractivity contribution is -0.323. The minimum Gasteiger partial charge on any atom is -0.272 e. The maximum absolute atomic E-state index is 9.36. The Labute approximate surface area is 113 Å². The SMILES string of the molecule is Cc1nn(C)c(C)c1CC(C)(OO)c1ccccc1. The summed E-state index contributed by atoms with van der Waals surface area (Å²) in [6, 6.07) is 9.74. The van der Waals surface area contributed by atoms with Gasteiger partial charge in [-0.15, -0.1) is 0 Å². The van der Waals surface area contributed by atoms with Gasteiger partial charge in [0, 0.05) is 19.2 Å². The average Bonchev–Trinajstić information content (AvgIpc) is 2.66. The summed E-state index contributed by atoms with van der Waals surface area (Å²) in [5.41, 5.74) is 3.36. The molecule has 19 heavy (non-hydrogen) atoms. The van der Waals surface area contributed by atoms with Crippen LogP contribution in [0.3, 0.4) is 0 Å². The van der Waals surface area contributed by atoms with Crippen LogP contribution in [0.15, 0.2) is 30.3 Å². The van der Waals surface area contributed by atoms with Crippen LogP contribution >= 0.6 is 0 Å². The number of aryl methyl sites for hydroxylation is 2. The number of hydrogen-bond acceptors (Lipinski definition) is 3. The standard InChI is InChI=1S/C15H20N2O2/c1-11-14(12(2)17(4)16-11)10-15(3,19-18)13-8-6-5-7-9-13/h5-9,18H,10H2,1-4H3. The molecule has 0 radical (unpaired) electrons. The second-order valence-electron chi connectivity index (χ2n) is 5.14. The van der Waals surface area contributed by atoms with Crippen LogP contribution in [0.1, 0.15) is 29.4 Å². The van der Waals surface area contributed by atoms with Crippen molar-refractivity contribution in [3.05, 3.63) is 52.8 Å². The van der Waals surface area contributed by atoms with Crippen molar-refractivity contribution in [1.29, 1.82) is 0 Å². The molecule has 0 saturated carbocycles. The minimum absolute atomic E-state index is 0.582. The average molecular weight is 260 g/mol. The smallest absolute Gasteiger partial charge is 0.129 e. The molecule has 1 unspecified atom stereocenters. The highest BCUT2D eigenvalue weighted by atomic mass is 17.1. The van der Waals surface area contributed by atoms with Crippen LogP contribution in [0.4, 0.5) is 0 Å². The lowest BCUT2D eigenvalue weighted by Crippen LogP contribution is -2.28. The van der Waals surface area contributed by atoms with Gasteiger partial charge in [-0.05, 0) is 31.9 Å². The topological polar surface area (TPSA) is 47.3 Å². The Kier molecular flexibility index (Phi) is 3.73. The Hall–Kier alpha value is -1.65. The third kappa shape index (κ3) is 2.55. The third-order valence-electron chi connectivity index (χ3n) is 3.76. The Balaban J connectivity index is 2.39. The van der Waals surface area contributed by atoms with E-state index in [1.165, 1.54) is 0 Å². The van der Waals surface area contributed by atoms with E-state index in [1.54, 1.807) is 0 Å². The summed E-state index contributed by atoms with van der Waals surface area (Å²) >= 11 is 0. The first-order chi connectivity index (χ1) is 8.98. The summed E-state index contributed by atoms with van der Waals surface area (Å²) in [4.78, 5) is 4.81. The minimum atomic E-state index is -0.764. The first-order valence-electron chi connectivity index (χ1n) is 6.35. The molecule has 1 N–H and O–H groups in total. The van der Waals surface area contributed by atoms with E-state index in [2.05, 4.69) is 5.10 Å². The first-order valence-corrected chi connectivity index (χ1v) is 6.35. The van der Waals surface area contributed by atoms with Crippen LogP contribution in [0.5, 0.6) is 0 Å². The van der Waals surface area contributed by atoms with E-state index in [0.717, 1.165) is 22.5 Å². The molecule has 1 atom stereocenters.